The van der Waals surface area contributed by atoms with Crippen molar-refractivity contribution >= 4 is 35.8 Å². The normalized spacial score (nSPS) is 26.4. The number of rotatable bonds is 15. The molecule has 3 aliphatic carbocycles. The SMILES string of the molecule is CC(C)N(C(=O)NCC1(C)CC(C(=O)n2c(=O)n(C(=O)C3CC(C)(C)CC(C)(CNC(=O)N(C(C)C)C(C)C)C3)c(=O)n(C(=O)C3CC(C)(C)CC(C)(CNC(=O)N(C(C)C)C(C)C)C3)c2=O)CC(C)(C)C1)C(C)C. The number of hydrogen-bond acceptors (Lipinski definition) is 9. The van der Waals surface area contributed by atoms with Crippen LogP contribution >= 0.6 is 0 Å². The third kappa shape index (κ3) is 14.8. The van der Waals surface area contributed by atoms with Crippen molar-refractivity contribution in [2.45, 2.75) is 239 Å². The number of nitrogens with one attached hydrogen (secondary N) is 3. The fourth-order valence-electron chi connectivity index (χ4n) is 14.8. The Kier molecular flexibility index (Phi) is 19.3. The molecule has 18 heteroatoms. The van der Waals surface area contributed by atoms with Crippen molar-refractivity contribution in [1.29, 1.82) is 0 Å². The minimum atomic E-state index is -1.42. The van der Waals surface area contributed by atoms with E-state index in [0.29, 0.717) is 33.0 Å². The van der Waals surface area contributed by atoms with Crippen molar-refractivity contribution < 1.29 is 28.8 Å². The van der Waals surface area contributed by atoms with E-state index in [4.69, 9.17) is 0 Å². The first-order chi connectivity index (χ1) is 34.1. The molecule has 3 aliphatic rings. The van der Waals surface area contributed by atoms with Gasteiger partial charge >= 0.3 is 35.2 Å². The molecule has 426 valence electrons. The van der Waals surface area contributed by atoms with Crippen molar-refractivity contribution in [3.05, 3.63) is 31.5 Å². The summed E-state index contributed by atoms with van der Waals surface area (Å²) < 4.78 is 1.05. The molecule has 6 unspecified atom stereocenters. The molecule has 0 aromatic carbocycles. The van der Waals surface area contributed by atoms with Gasteiger partial charge in [-0.1, -0.05) is 62.3 Å². The van der Waals surface area contributed by atoms with E-state index in [1.807, 2.05) is 145 Å². The number of nitrogens with zero attached hydrogens (tertiary/aromatic N) is 6. The van der Waals surface area contributed by atoms with Crippen LogP contribution in [0.1, 0.15) is 218 Å². The van der Waals surface area contributed by atoms with Crippen LogP contribution < -0.4 is 33.0 Å². The Morgan fingerprint density at radius 3 is 0.747 bits per heavy atom. The summed E-state index contributed by atoms with van der Waals surface area (Å²) >= 11 is 0. The first kappa shape index (κ1) is 62.8. The van der Waals surface area contributed by atoms with Crippen LogP contribution in [-0.2, 0) is 0 Å². The summed E-state index contributed by atoms with van der Waals surface area (Å²) in [6.45, 7) is 41.6. The van der Waals surface area contributed by atoms with Gasteiger partial charge in [0.05, 0.1) is 0 Å². The molecule has 3 N–H and O–H groups in total. The lowest BCUT2D eigenvalue weighted by Crippen LogP contribution is -2.62. The Balaban J connectivity index is 1.89. The Morgan fingerprint density at radius 1 is 0.387 bits per heavy atom. The Hall–Kier alpha value is -4.77. The summed E-state index contributed by atoms with van der Waals surface area (Å²) in [5.74, 6) is -5.74. The van der Waals surface area contributed by atoms with Crippen LogP contribution in [0.15, 0.2) is 14.4 Å². The lowest BCUT2D eigenvalue weighted by Gasteiger charge is -2.47. The average molecular weight is 1050 g/mol. The Bertz CT molecular complexity index is 2160. The summed E-state index contributed by atoms with van der Waals surface area (Å²) in [6.07, 6.45) is 2.97. The quantitative estimate of drug-likeness (QED) is 0.153. The third-order valence-electron chi connectivity index (χ3n) is 16.2. The van der Waals surface area contributed by atoms with Gasteiger partial charge in [0.25, 0.3) is 0 Å². The van der Waals surface area contributed by atoms with Crippen LogP contribution in [0.2, 0.25) is 0 Å². The molecule has 3 saturated carbocycles. The minimum absolute atomic E-state index is 0.0792. The van der Waals surface area contributed by atoms with Gasteiger partial charge in [0.2, 0.25) is 17.7 Å². The van der Waals surface area contributed by atoms with Crippen LogP contribution in [0, 0.1) is 50.2 Å². The standard InChI is InChI=1S/C57H99N9O9/c1-34(2)61(35(3)4)46(70)58-31-55(19)25-40(22-52(13,14)28-55)43(67)64-49(73)65(44(68)41-23-53(15,16)29-56(20,26-41)32-59-47(71)62(36(5)6)37(7)8)51(75)66(50(64)74)45(69)42-24-54(17,18)30-57(21,27-42)33-60-48(72)63(38(9)10)39(11)12/h34-42H,22-33H2,1-21H3,(H,58,70)(H,59,71)(H,60,72). The van der Waals surface area contributed by atoms with Gasteiger partial charge in [0, 0.05) is 73.6 Å². The highest BCUT2D eigenvalue weighted by Crippen LogP contribution is 2.51. The van der Waals surface area contributed by atoms with E-state index in [-0.39, 0.29) is 113 Å². The van der Waals surface area contributed by atoms with Gasteiger partial charge in [-0.2, -0.15) is 13.7 Å². The second kappa shape index (κ2) is 23.1. The van der Waals surface area contributed by atoms with Crippen LogP contribution in [-0.4, -0.2) is 120 Å². The van der Waals surface area contributed by atoms with Crippen LogP contribution in [0.3, 0.4) is 0 Å². The molecule has 0 bridgehead atoms. The Labute approximate surface area is 448 Å². The molecule has 3 fully saturated rings. The zero-order chi connectivity index (χ0) is 57.5. The van der Waals surface area contributed by atoms with Gasteiger partial charge in [-0.3, -0.25) is 14.4 Å². The summed E-state index contributed by atoms with van der Waals surface area (Å²) in [6, 6.07) is -1.25. The van der Waals surface area contributed by atoms with E-state index >= 15 is 28.8 Å². The number of aromatic nitrogens is 3. The fraction of sp³-hybridized carbons (Fsp3) is 0.842. The number of carbonyl (C=O) groups is 6. The van der Waals surface area contributed by atoms with Crippen molar-refractivity contribution in [2.24, 2.45) is 50.2 Å². The van der Waals surface area contributed by atoms with Crippen LogP contribution in [0.5, 0.6) is 0 Å². The zero-order valence-corrected chi connectivity index (χ0v) is 50.0. The monoisotopic (exact) mass is 1050 g/mol. The van der Waals surface area contributed by atoms with Crippen molar-refractivity contribution in [3.8, 4) is 0 Å². The molecule has 0 aliphatic heterocycles. The molecule has 6 amide bonds. The van der Waals surface area contributed by atoms with Gasteiger partial charge in [-0.15, -0.1) is 0 Å². The van der Waals surface area contributed by atoms with Gasteiger partial charge in [0.15, 0.2) is 0 Å². The molecule has 1 aromatic heterocycles. The minimum Gasteiger partial charge on any atom is -0.337 e. The van der Waals surface area contributed by atoms with E-state index in [1.54, 1.807) is 14.7 Å². The maximum atomic E-state index is 15.3. The molecular weight excluding hydrogens is 955 g/mol. The van der Waals surface area contributed by atoms with Gasteiger partial charge < -0.3 is 30.7 Å². The van der Waals surface area contributed by atoms with Gasteiger partial charge in [-0.05, 0) is 173 Å². The number of urea groups is 3. The topological polar surface area (TPSA) is 214 Å². The number of carbonyl (C=O) groups excluding carboxylic acids is 6. The largest absolute Gasteiger partial charge is 0.350 e. The predicted molar refractivity (Wildman–Crippen MR) is 295 cm³/mol. The van der Waals surface area contributed by atoms with Gasteiger partial charge in [0.1, 0.15) is 0 Å². The molecule has 1 aromatic rings. The highest BCUT2D eigenvalue weighted by atomic mass is 16.2. The predicted octanol–water partition coefficient (Wildman–Crippen LogP) is 9.08. The highest BCUT2D eigenvalue weighted by Gasteiger charge is 2.50. The third-order valence-corrected chi connectivity index (χ3v) is 16.2. The average Bonchev–Trinajstić information content (AvgIpc) is 3.21. The molecule has 18 nitrogen and oxygen atoms in total. The van der Waals surface area contributed by atoms with Crippen molar-refractivity contribution in [3.63, 3.8) is 0 Å². The summed E-state index contributed by atoms with van der Waals surface area (Å²) in [7, 11) is 0. The van der Waals surface area contributed by atoms with Crippen LogP contribution in [0.4, 0.5) is 14.4 Å². The molecule has 0 radical (unpaired) electrons. The first-order valence-corrected chi connectivity index (χ1v) is 27.9. The second-order valence-corrected chi connectivity index (χ2v) is 28.4. The second-order valence-electron chi connectivity index (χ2n) is 28.4. The molecule has 0 spiro atoms. The molecule has 4 rings (SSSR count). The van der Waals surface area contributed by atoms with Crippen LogP contribution in [0.25, 0.3) is 0 Å². The van der Waals surface area contributed by atoms with E-state index in [2.05, 4.69) is 16.0 Å². The summed E-state index contributed by atoms with van der Waals surface area (Å²) in [4.78, 5) is 137. The van der Waals surface area contributed by atoms with Crippen molar-refractivity contribution in [2.75, 3.05) is 19.6 Å². The van der Waals surface area contributed by atoms with E-state index < -0.39 is 85.0 Å². The fourth-order valence-corrected chi connectivity index (χ4v) is 14.8. The lowest BCUT2D eigenvalue weighted by atomic mass is 9.60. The number of hydrogen-bond donors (Lipinski definition) is 3. The molecule has 1 heterocycles. The maximum Gasteiger partial charge on any atom is 0.350 e. The van der Waals surface area contributed by atoms with E-state index in [0.717, 1.165) is 0 Å². The van der Waals surface area contributed by atoms with Crippen molar-refractivity contribution in [1.82, 2.24) is 44.4 Å². The first-order valence-electron chi connectivity index (χ1n) is 27.9. The Morgan fingerprint density at radius 2 is 0.573 bits per heavy atom. The summed E-state index contributed by atoms with van der Waals surface area (Å²) in [5, 5.41) is 9.26. The molecular formula is C57H99N9O9. The van der Waals surface area contributed by atoms with Gasteiger partial charge in [-0.25, -0.2) is 28.8 Å². The van der Waals surface area contributed by atoms with E-state index in [1.165, 1.54) is 0 Å². The zero-order valence-electron chi connectivity index (χ0n) is 50.0. The molecule has 6 atom stereocenters. The highest BCUT2D eigenvalue weighted by molar-refractivity contribution is 5.86. The maximum absolute atomic E-state index is 15.3. The van der Waals surface area contributed by atoms with E-state index in [9.17, 15) is 14.4 Å². The lowest BCUT2D eigenvalue weighted by molar-refractivity contribution is 0.0325. The number of amides is 6. The molecule has 75 heavy (non-hydrogen) atoms. The summed E-state index contributed by atoms with van der Waals surface area (Å²) in [5.41, 5.74) is -7.93. The molecule has 0 saturated heterocycles. The smallest absolute Gasteiger partial charge is 0.337 e.